The third-order valence-electron chi connectivity index (χ3n) is 7.96. The molecule has 0 saturated carbocycles. The number of amides is 3. The zero-order valence-corrected chi connectivity index (χ0v) is 23.6. The molecule has 3 aliphatic rings. The summed E-state index contributed by atoms with van der Waals surface area (Å²) in [5, 5.41) is 15.0. The molecule has 2 saturated heterocycles. The van der Waals surface area contributed by atoms with Crippen LogP contribution in [0.1, 0.15) is 57.5 Å². The monoisotopic (exact) mass is 591 g/mol. The number of fused-ring (bicyclic) bond motifs is 3. The van der Waals surface area contributed by atoms with E-state index < -0.39 is 29.8 Å². The Bertz CT molecular complexity index is 1590. The summed E-state index contributed by atoms with van der Waals surface area (Å²) in [6.45, 7) is 2.23. The van der Waals surface area contributed by atoms with Gasteiger partial charge in [0.2, 0.25) is 11.8 Å². The van der Waals surface area contributed by atoms with Gasteiger partial charge in [-0.2, -0.15) is 0 Å². The van der Waals surface area contributed by atoms with Crippen molar-refractivity contribution in [2.45, 2.75) is 37.4 Å². The predicted molar refractivity (Wildman–Crippen MR) is 154 cm³/mol. The maximum Gasteiger partial charge on any atom is 0.251 e. The van der Waals surface area contributed by atoms with Crippen LogP contribution in [0.4, 0.5) is 4.39 Å². The molecule has 0 radical (unpaired) electrons. The number of amidine groups is 1. The van der Waals surface area contributed by atoms with E-state index >= 15 is 0 Å². The van der Waals surface area contributed by atoms with Gasteiger partial charge >= 0.3 is 0 Å². The number of ether oxygens (including phenoxy) is 2. The van der Waals surface area contributed by atoms with Gasteiger partial charge in [0.15, 0.2) is 12.0 Å². The molecule has 1 aromatic heterocycles. The molecule has 2 aromatic carbocycles. The Morgan fingerprint density at radius 1 is 1.12 bits per heavy atom. The number of alkyl halides is 1. The lowest BCUT2D eigenvalue weighted by Gasteiger charge is -2.25. The number of carbonyl (C=O) groups excluding carboxylic acids is 3. The van der Waals surface area contributed by atoms with Crippen molar-refractivity contribution in [1.29, 1.82) is 5.41 Å². The van der Waals surface area contributed by atoms with Crippen molar-refractivity contribution in [3.63, 3.8) is 0 Å². The Morgan fingerprint density at radius 2 is 1.86 bits per heavy atom. The van der Waals surface area contributed by atoms with Crippen molar-refractivity contribution < 1.29 is 28.2 Å². The van der Waals surface area contributed by atoms with Crippen molar-refractivity contribution in [2.24, 2.45) is 5.73 Å². The second-order valence-corrected chi connectivity index (χ2v) is 11.6. The molecule has 3 atom stereocenters. The molecule has 2 fully saturated rings. The van der Waals surface area contributed by atoms with E-state index in [0.717, 1.165) is 10.4 Å². The van der Waals surface area contributed by atoms with Crippen LogP contribution in [0.15, 0.2) is 53.9 Å². The van der Waals surface area contributed by atoms with Crippen molar-refractivity contribution in [3.05, 3.63) is 81.0 Å². The topological polar surface area (TPSA) is 147 Å². The van der Waals surface area contributed by atoms with Crippen molar-refractivity contribution in [2.75, 3.05) is 26.3 Å². The van der Waals surface area contributed by atoms with E-state index in [-0.39, 0.29) is 37.3 Å². The first kappa shape index (κ1) is 28.0. The molecule has 3 amide bonds. The molecule has 218 valence electrons. The number of likely N-dealkylation sites (tertiary alicyclic amines) is 1. The Balaban J connectivity index is 1.14. The van der Waals surface area contributed by atoms with E-state index in [9.17, 15) is 18.8 Å². The highest BCUT2D eigenvalue weighted by atomic mass is 32.1. The number of nitrogens with two attached hydrogens (primary N) is 1. The first-order valence-electron chi connectivity index (χ1n) is 13.6. The van der Waals surface area contributed by atoms with Crippen molar-refractivity contribution >= 4 is 34.9 Å². The number of rotatable bonds is 7. The molecular weight excluding hydrogens is 561 g/mol. The lowest BCUT2D eigenvalue weighted by Crippen LogP contribution is -2.49. The smallest absolute Gasteiger partial charge is 0.251 e. The minimum Gasteiger partial charge on any atom is -0.384 e. The van der Waals surface area contributed by atoms with Gasteiger partial charge in [-0.15, -0.1) is 11.3 Å². The van der Waals surface area contributed by atoms with E-state index in [2.05, 4.69) is 10.6 Å². The Kier molecular flexibility index (Phi) is 7.29. The van der Waals surface area contributed by atoms with Crippen LogP contribution in [0.2, 0.25) is 0 Å². The summed E-state index contributed by atoms with van der Waals surface area (Å²) in [5.74, 6) is -2.46. The van der Waals surface area contributed by atoms with Crippen LogP contribution in [-0.2, 0) is 19.1 Å². The third kappa shape index (κ3) is 5.06. The number of benzene rings is 2. The zero-order chi connectivity index (χ0) is 29.6. The van der Waals surface area contributed by atoms with Gasteiger partial charge in [0, 0.05) is 27.8 Å². The summed E-state index contributed by atoms with van der Waals surface area (Å²) >= 11 is 1.38. The summed E-state index contributed by atoms with van der Waals surface area (Å²) in [7, 11) is 0. The average Bonchev–Trinajstić information content (AvgIpc) is 3.79. The summed E-state index contributed by atoms with van der Waals surface area (Å²) in [5.41, 5.74) is 8.91. The Morgan fingerprint density at radius 3 is 2.60 bits per heavy atom. The fourth-order valence-electron chi connectivity index (χ4n) is 5.79. The summed E-state index contributed by atoms with van der Waals surface area (Å²) in [6, 6.07) is 12.4. The van der Waals surface area contributed by atoms with Crippen LogP contribution in [0.5, 0.6) is 0 Å². The second kappa shape index (κ2) is 10.9. The van der Waals surface area contributed by atoms with Crippen LogP contribution in [0.25, 0.3) is 11.1 Å². The van der Waals surface area contributed by atoms with Crippen LogP contribution in [0, 0.1) is 5.41 Å². The molecule has 5 N–H and O–H groups in total. The van der Waals surface area contributed by atoms with E-state index in [1.165, 1.54) is 16.2 Å². The molecule has 1 aliphatic carbocycles. The van der Waals surface area contributed by atoms with E-state index in [1.807, 2.05) is 19.1 Å². The molecule has 6 rings (SSSR count). The lowest BCUT2D eigenvalue weighted by molar-refractivity contribution is -0.152. The van der Waals surface area contributed by atoms with Gasteiger partial charge in [0.25, 0.3) is 5.91 Å². The zero-order valence-electron chi connectivity index (χ0n) is 22.8. The fraction of sp³-hybridized carbons (Fsp3) is 0.333. The number of nitrogens with zero attached hydrogens (tertiary/aromatic N) is 1. The number of hydrogen-bond acceptors (Lipinski definition) is 7. The molecule has 10 nitrogen and oxygen atoms in total. The van der Waals surface area contributed by atoms with Crippen LogP contribution in [-0.4, -0.2) is 66.6 Å². The maximum atomic E-state index is 14.9. The SMILES string of the molecule is C[C@@H](NC(=O)[C@@H]1CC2(CN1C(=O)CNC(=O)c1ccc3c(c1)-c1ccccc1C3F)OCCO2)c1cc(C(=N)N)cs1. The second-order valence-electron chi connectivity index (χ2n) is 10.7. The van der Waals surface area contributed by atoms with Gasteiger partial charge in [-0.1, -0.05) is 30.3 Å². The molecule has 2 aliphatic heterocycles. The number of hydrogen-bond donors (Lipinski definition) is 4. The third-order valence-corrected chi connectivity index (χ3v) is 9.07. The van der Waals surface area contributed by atoms with Gasteiger partial charge in [0.05, 0.1) is 32.3 Å². The Hall–Kier alpha value is -4.13. The number of halogens is 1. The first-order chi connectivity index (χ1) is 20.2. The van der Waals surface area contributed by atoms with Crippen LogP contribution in [0.3, 0.4) is 0 Å². The number of thiophene rings is 1. The summed E-state index contributed by atoms with van der Waals surface area (Å²) < 4.78 is 26.5. The van der Waals surface area contributed by atoms with Gasteiger partial charge in [-0.25, -0.2) is 4.39 Å². The molecule has 3 heterocycles. The van der Waals surface area contributed by atoms with Crippen molar-refractivity contribution in [3.8, 4) is 11.1 Å². The standard InChI is InChI=1S/C30H30FN5O5S/c1-16(24-11-18(14-42-24)27(32)33)35-29(39)23-12-30(40-8-9-41-30)15-36(23)25(37)13-34-28(38)17-6-7-21-22(10-17)19-4-2-3-5-20(19)26(21)31/h2-7,10-11,14,16,23,26H,8-9,12-13,15H2,1H3,(H3,32,33)(H,34,38)(H,35,39)/t16-,23+,26?/m1/s1. The van der Waals surface area contributed by atoms with E-state index in [1.54, 1.807) is 41.8 Å². The van der Waals surface area contributed by atoms with Gasteiger partial charge < -0.3 is 30.7 Å². The minimum atomic E-state index is -1.25. The van der Waals surface area contributed by atoms with E-state index in [4.69, 9.17) is 20.6 Å². The highest BCUT2D eigenvalue weighted by molar-refractivity contribution is 7.10. The largest absolute Gasteiger partial charge is 0.384 e. The average molecular weight is 592 g/mol. The predicted octanol–water partition coefficient (Wildman–Crippen LogP) is 3.02. The molecule has 0 bridgehead atoms. The quantitative estimate of drug-likeness (QED) is 0.245. The van der Waals surface area contributed by atoms with E-state index in [0.29, 0.717) is 41.0 Å². The highest BCUT2D eigenvalue weighted by Crippen LogP contribution is 2.45. The first-order valence-corrected chi connectivity index (χ1v) is 14.5. The number of nitrogen functional groups attached to an aromatic ring is 1. The molecule has 3 aromatic rings. The summed E-state index contributed by atoms with van der Waals surface area (Å²) in [4.78, 5) is 42.1. The van der Waals surface area contributed by atoms with Gasteiger partial charge in [-0.3, -0.25) is 19.8 Å². The van der Waals surface area contributed by atoms with Gasteiger partial charge in [0.1, 0.15) is 11.9 Å². The highest BCUT2D eigenvalue weighted by Gasteiger charge is 2.52. The normalized spacial score (nSPS) is 20.7. The maximum absolute atomic E-state index is 14.9. The molecule has 42 heavy (non-hydrogen) atoms. The van der Waals surface area contributed by atoms with Crippen LogP contribution >= 0.6 is 11.3 Å². The van der Waals surface area contributed by atoms with Gasteiger partial charge in [-0.05, 0) is 47.4 Å². The molecule has 12 heteroatoms. The lowest BCUT2D eigenvalue weighted by atomic mass is 10.0. The van der Waals surface area contributed by atoms with Crippen LogP contribution < -0.4 is 16.4 Å². The molecule has 1 spiro atoms. The fourth-order valence-corrected chi connectivity index (χ4v) is 6.70. The summed E-state index contributed by atoms with van der Waals surface area (Å²) in [6.07, 6.45) is -1.09. The number of nitrogens with one attached hydrogen (secondary N) is 3. The molecular formula is C30H30FN5O5S. The molecule has 1 unspecified atom stereocenters. The van der Waals surface area contributed by atoms with Crippen molar-refractivity contribution in [1.82, 2.24) is 15.5 Å². The number of carbonyl (C=O) groups is 3. The Labute approximate surface area is 245 Å². The minimum absolute atomic E-state index is 0.0508.